The average molecular weight is 443 g/mol. The highest BCUT2D eigenvalue weighted by Crippen LogP contribution is 2.43. The molecule has 3 heterocycles. The quantitative estimate of drug-likeness (QED) is 0.774. The lowest BCUT2D eigenvalue weighted by Crippen LogP contribution is -2.33. The molecule has 0 fully saturated rings. The van der Waals surface area contributed by atoms with Gasteiger partial charge in [-0.05, 0) is 42.5 Å². The van der Waals surface area contributed by atoms with Crippen LogP contribution < -0.4 is 10.2 Å². The minimum atomic E-state index is -0.442. The predicted molar refractivity (Wildman–Crippen MR) is 124 cm³/mol. The number of Topliss-reactive ketones (excluding diaryl/α,β-unsaturated/α-hetero) is 1. The van der Waals surface area contributed by atoms with Crippen molar-refractivity contribution in [2.24, 2.45) is 0 Å². The number of amides is 1. The zero-order valence-corrected chi connectivity index (χ0v) is 18.3. The average Bonchev–Trinajstić information content (AvgIpc) is 3.26. The number of fused-ring (bicyclic) bond motifs is 1. The van der Waals surface area contributed by atoms with E-state index in [9.17, 15) is 14.9 Å². The molecule has 0 spiro atoms. The first-order valence-corrected chi connectivity index (χ1v) is 11.7. The predicted octanol–water partition coefficient (Wildman–Crippen LogP) is 3.83. The van der Waals surface area contributed by atoms with Gasteiger partial charge in [0.25, 0.3) is 0 Å². The number of allylic oxidation sites excluding steroid dienone is 3. The lowest BCUT2D eigenvalue weighted by atomic mass is 9.77. The van der Waals surface area contributed by atoms with Crippen LogP contribution in [-0.2, 0) is 16.0 Å². The third-order valence-corrected chi connectivity index (χ3v) is 7.21. The number of hydrogen-bond donors (Lipinski definition) is 1. The molecular weight excluding hydrogens is 420 g/mol. The van der Waals surface area contributed by atoms with E-state index in [1.54, 1.807) is 12.4 Å². The minimum absolute atomic E-state index is 0.0176. The van der Waals surface area contributed by atoms with Crippen LogP contribution >= 0.6 is 11.8 Å². The third kappa shape index (κ3) is 3.61. The molecule has 7 heteroatoms. The van der Waals surface area contributed by atoms with Gasteiger partial charge in [-0.3, -0.25) is 14.6 Å². The maximum absolute atomic E-state index is 13.0. The second-order valence-corrected chi connectivity index (χ2v) is 9.07. The molecule has 1 atom stereocenters. The molecule has 0 saturated heterocycles. The number of ketones is 1. The number of aromatic nitrogens is 1. The first-order valence-electron chi connectivity index (χ1n) is 10.8. The Kier molecular flexibility index (Phi) is 5.54. The Morgan fingerprint density at radius 2 is 2.09 bits per heavy atom. The van der Waals surface area contributed by atoms with E-state index in [0.717, 1.165) is 36.2 Å². The molecule has 1 aromatic heterocycles. The summed E-state index contributed by atoms with van der Waals surface area (Å²) < 4.78 is 0. The Balaban J connectivity index is 1.44. The van der Waals surface area contributed by atoms with Crippen molar-refractivity contribution in [1.29, 1.82) is 5.26 Å². The van der Waals surface area contributed by atoms with Gasteiger partial charge in [-0.15, -0.1) is 0 Å². The summed E-state index contributed by atoms with van der Waals surface area (Å²) in [5, 5.41) is 14.1. The van der Waals surface area contributed by atoms with Gasteiger partial charge < -0.3 is 10.2 Å². The van der Waals surface area contributed by atoms with Gasteiger partial charge in [0, 0.05) is 42.3 Å². The molecule has 1 aromatic carbocycles. The van der Waals surface area contributed by atoms with Gasteiger partial charge in [0.1, 0.15) is 0 Å². The van der Waals surface area contributed by atoms with Crippen LogP contribution in [0.15, 0.2) is 70.7 Å². The smallest absolute Gasteiger partial charge is 0.237 e. The molecule has 6 nitrogen and oxygen atoms in total. The van der Waals surface area contributed by atoms with E-state index in [2.05, 4.69) is 22.4 Å². The molecule has 0 saturated carbocycles. The Morgan fingerprint density at radius 3 is 2.91 bits per heavy atom. The molecule has 2 aliphatic heterocycles. The Labute approximate surface area is 191 Å². The first-order chi connectivity index (χ1) is 15.7. The summed E-state index contributed by atoms with van der Waals surface area (Å²) in [7, 11) is 0. The fourth-order valence-electron chi connectivity index (χ4n) is 4.73. The maximum atomic E-state index is 13.0. The van der Waals surface area contributed by atoms with Gasteiger partial charge in [0.2, 0.25) is 5.91 Å². The van der Waals surface area contributed by atoms with Crippen LogP contribution in [0.5, 0.6) is 0 Å². The normalized spacial score (nSPS) is 19.9. The summed E-state index contributed by atoms with van der Waals surface area (Å²) in [6.07, 6.45) is 6.29. The number of pyridine rings is 1. The van der Waals surface area contributed by atoms with Gasteiger partial charge in [0.15, 0.2) is 5.78 Å². The number of rotatable bonds is 4. The number of carbonyl (C=O) groups excluding carboxylic acids is 2. The summed E-state index contributed by atoms with van der Waals surface area (Å²) in [5.74, 6) is -0.126. The lowest BCUT2D eigenvalue weighted by molar-refractivity contribution is -0.117. The summed E-state index contributed by atoms with van der Waals surface area (Å²) in [5.41, 5.74) is 5.00. The van der Waals surface area contributed by atoms with Crippen molar-refractivity contribution < 1.29 is 9.59 Å². The first kappa shape index (κ1) is 20.5. The standard InChI is InChI=1S/C25H22N4O2S/c26-13-18-23(17-6-4-11-27-14-17)24-19(7-3-9-21(24)30)28-25(18)32-15-22(31)29-12-10-16-5-1-2-8-20(16)29/h1-2,4-6,8,11,14,23,28H,3,7,9-10,12,15H2/t23-/m1/s1. The highest BCUT2D eigenvalue weighted by atomic mass is 32.2. The molecule has 1 amide bonds. The van der Waals surface area contributed by atoms with Crippen molar-refractivity contribution in [3.8, 4) is 6.07 Å². The SMILES string of the molecule is N#CC1=C(SCC(=O)N2CCc3ccccc32)NC2=C(C(=O)CCC2)[C@@H]1c1cccnc1. The number of benzene rings is 1. The van der Waals surface area contributed by atoms with Gasteiger partial charge in [0.05, 0.1) is 28.3 Å². The fraction of sp³-hybridized carbons (Fsp3) is 0.280. The number of nitrogens with zero attached hydrogens (tertiary/aromatic N) is 3. The Hall–Kier alpha value is -3.37. The Bertz CT molecular complexity index is 1200. The topological polar surface area (TPSA) is 86.1 Å². The van der Waals surface area contributed by atoms with Gasteiger partial charge in [-0.1, -0.05) is 36.0 Å². The fourth-order valence-corrected chi connectivity index (χ4v) is 5.66. The summed E-state index contributed by atoms with van der Waals surface area (Å²) in [6, 6.07) is 14.0. The number of nitriles is 1. The molecule has 3 aliphatic rings. The second-order valence-electron chi connectivity index (χ2n) is 8.08. The van der Waals surface area contributed by atoms with Crippen molar-refractivity contribution >= 4 is 29.1 Å². The molecule has 0 radical (unpaired) electrons. The van der Waals surface area contributed by atoms with Crippen molar-refractivity contribution in [2.75, 3.05) is 17.2 Å². The minimum Gasteiger partial charge on any atom is -0.352 e. The van der Waals surface area contributed by atoms with Crippen LogP contribution in [0.1, 0.15) is 36.3 Å². The van der Waals surface area contributed by atoms with Crippen molar-refractivity contribution in [3.63, 3.8) is 0 Å². The van der Waals surface area contributed by atoms with Crippen molar-refractivity contribution in [1.82, 2.24) is 10.3 Å². The van der Waals surface area contributed by atoms with Crippen LogP contribution in [-0.4, -0.2) is 29.0 Å². The van der Waals surface area contributed by atoms with Crippen LogP contribution in [0.2, 0.25) is 0 Å². The number of dihydropyridines is 1. The molecule has 2 aromatic rings. The van der Waals surface area contributed by atoms with Gasteiger partial charge in [-0.2, -0.15) is 5.26 Å². The van der Waals surface area contributed by atoms with E-state index in [-0.39, 0.29) is 17.4 Å². The molecule has 32 heavy (non-hydrogen) atoms. The number of anilines is 1. The largest absolute Gasteiger partial charge is 0.352 e. The highest BCUT2D eigenvalue weighted by molar-refractivity contribution is 8.03. The van der Waals surface area contributed by atoms with E-state index >= 15 is 0 Å². The van der Waals surface area contributed by atoms with Crippen LogP contribution in [0.25, 0.3) is 0 Å². The summed E-state index contributed by atoms with van der Waals surface area (Å²) in [6.45, 7) is 0.679. The lowest BCUT2D eigenvalue weighted by Gasteiger charge is -2.33. The number of hydrogen-bond acceptors (Lipinski definition) is 6. The zero-order valence-electron chi connectivity index (χ0n) is 17.5. The Morgan fingerprint density at radius 1 is 1.22 bits per heavy atom. The van der Waals surface area contributed by atoms with E-state index in [4.69, 9.17) is 0 Å². The van der Waals surface area contributed by atoms with E-state index in [0.29, 0.717) is 29.1 Å². The molecule has 0 bridgehead atoms. The monoisotopic (exact) mass is 442 g/mol. The van der Waals surface area contributed by atoms with E-state index in [1.807, 2.05) is 35.2 Å². The molecular formula is C25H22N4O2S. The van der Waals surface area contributed by atoms with Gasteiger partial charge >= 0.3 is 0 Å². The second kappa shape index (κ2) is 8.64. The number of carbonyl (C=O) groups is 2. The van der Waals surface area contributed by atoms with E-state index in [1.165, 1.54) is 17.3 Å². The van der Waals surface area contributed by atoms with Crippen LogP contribution in [0, 0.1) is 11.3 Å². The molecule has 160 valence electrons. The van der Waals surface area contributed by atoms with Gasteiger partial charge in [-0.25, -0.2) is 0 Å². The van der Waals surface area contributed by atoms with E-state index < -0.39 is 5.92 Å². The van der Waals surface area contributed by atoms with Crippen molar-refractivity contribution in [3.05, 3.63) is 81.8 Å². The molecule has 1 N–H and O–H groups in total. The van der Waals surface area contributed by atoms with Crippen LogP contribution in [0.4, 0.5) is 5.69 Å². The number of thioether (sulfide) groups is 1. The highest BCUT2D eigenvalue weighted by Gasteiger charge is 2.37. The molecule has 1 aliphatic carbocycles. The zero-order chi connectivity index (χ0) is 22.1. The number of para-hydroxylation sites is 1. The van der Waals surface area contributed by atoms with Crippen molar-refractivity contribution in [2.45, 2.75) is 31.6 Å². The van der Waals surface area contributed by atoms with Crippen LogP contribution in [0.3, 0.4) is 0 Å². The number of nitrogens with one attached hydrogen (secondary N) is 1. The summed E-state index contributed by atoms with van der Waals surface area (Å²) >= 11 is 1.34. The summed E-state index contributed by atoms with van der Waals surface area (Å²) in [4.78, 5) is 31.9. The maximum Gasteiger partial charge on any atom is 0.237 e. The molecule has 5 rings (SSSR count). The molecule has 0 unspecified atom stereocenters. The third-order valence-electron chi connectivity index (χ3n) is 6.21.